The first-order chi connectivity index (χ1) is 7.49. The summed E-state index contributed by atoms with van der Waals surface area (Å²) in [5, 5.41) is 17.6. The first-order valence-corrected chi connectivity index (χ1v) is 5.66. The minimum atomic E-state index is -1.02. The van der Waals surface area contributed by atoms with Gasteiger partial charge in [-0.3, -0.25) is 4.79 Å². The van der Waals surface area contributed by atoms with Gasteiger partial charge in [-0.2, -0.15) is 5.26 Å². The van der Waals surface area contributed by atoms with E-state index in [2.05, 4.69) is 0 Å². The van der Waals surface area contributed by atoms with Crippen molar-refractivity contribution in [3.8, 4) is 6.07 Å². The zero-order chi connectivity index (χ0) is 11.9. The maximum absolute atomic E-state index is 11.3. The van der Waals surface area contributed by atoms with Gasteiger partial charge in [0.1, 0.15) is 6.04 Å². The number of amides is 1. The molecular formula is C10H10N2O3S. The normalized spacial score (nSPS) is 37.0. The number of β-lactam (4-membered cyclic amide) rings is 1. The highest BCUT2D eigenvalue weighted by Crippen LogP contribution is 2.51. The number of thioether (sulfide) groups is 1. The van der Waals surface area contributed by atoms with Crippen LogP contribution in [0.2, 0.25) is 0 Å². The Morgan fingerprint density at radius 2 is 2.50 bits per heavy atom. The summed E-state index contributed by atoms with van der Waals surface area (Å²) in [5.41, 5.74) is 0. The molecule has 3 atom stereocenters. The lowest BCUT2D eigenvalue weighted by molar-refractivity contribution is -0.156. The van der Waals surface area contributed by atoms with E-state index in [0.29, 0.717) is 6.42 Å². The van der Waals surface area contributed by atoms with E-state index in [0.717, 1.165) is 0 Å². The Hall–Kier alpha value is -1.48. The molecule has 0 bridgehead atoms. The minimum Gasteiger partial charge on any atom is -0.480 e. The summed E-state index contributed by atoms with van der Waals surface area (Å²) in [6.45, 7) is 1.75. The van der Waals surface area contributed by atoms with E-state index in [1.54, 1.807) is 13.0 Å². The number of aliphatic carboxylic acids is 1. The molecule has 2 aliphatic rings. The van der Waals surface area contributed by atoms with Crippen LogP contribution in [-0.4, -0.2) is 38.0 Å². The monoisotopic (exact) mass is 238 g/mol. The Bertz CT molecular complexity index is 428. The lowest BCUT2D eigenvalue weighted by Gasteiger charge is -2.36. The Morgan fingerprint density at radius 1 is 1.81 bits per heavy atom. The molecule has 5 nitrogen and oxygen atoms in total. The van der Waals surface area contributed by atoms with Gasteiger partial charge in [-0.15, -0.1) is 11.8 Å². The van der Waals surface area contributed by atoms with Crippen LogP contribution in [0.25, 0.3) is 0 Å². The molecule has 0 unspecified atom stereocenters. The third kappa shape index (κ3) is 1.39. The van der Waals surface area contributed by atoms with Crippen molar-refractivity contribution < 1.29 is 14.7 Å². The Kier molecular flexibility index (Phi) is 2.43. The summed E-state index contributed by atoms with van der Waals surface area (Å²) in [7, 11) is 0. The van der Waals surface area contributed by atoms with Gasteiger partial charge in [-0.05, 0) is 6.92 Å². The summed E-state index contributed by atoms with van der Waals surface area (Å²) in [4.78, 5) is 23.9. The highest BCUT2D eigenvalue weighted by Gasteiger charge is 2.59. The molecule has 0 aromatic heterocycles. The number of nitrogens with zero attached hydrogens (tertiary/aromatic N) is 2. The highest BCUT2D eigenvalue weighted by molar-refractivity contribution is 8.01. The van der Waals surface area contributed by atoms with Gasteiger partial charge in [0.05, 0.1) is 22.6 Å². The van der Waals surface area contributed by atoms with E-state index in [9.17, 15) is 9.59 Å². The number of hydrogen-bond acceptors (Lipinski definition) is 4. The largest absolute Gasteiger partial charge is 0.480 e. The van der Waals surface area contributed by atoms with Gasteiger partial charge in [-0.25, -0.2) is 4.79 Å². The van der Waals surface area contributed by atoms with Gasteiger partial charge in [0.15, 0.2) is 0 Å². The molecule has 6 heteroatoms. The molecule has 1 amide bonds. The van der Waals surface area contributed by atoms with Crippen LogP contribution in [0.1, 0.15) is 13.3 Å². The third-order valence-corrected chi connectivity index (χ3v) is 4.41. The zero-order valence-electron chi connectivity index (χ0n) is 8.58. The van der Waals surface area contributed by atoms with Crippen molar-refractivity contribution in [1.29, 1.82) is 5.26 Å². The molecule has 0 spiro atoms. The summed E-state index contributed by atoms with van der Waals surface area (Å²) in [6.07, 6.45) is 3.24. The topological polar surface area (TPSA) is 81.4 Å². The van der Waals surface area contributed by atoms with Gasteiger partial charge in [0, 0.05) is 6.08 Å². The molecular weight excluding hydrogens is 228 g/mol. The lowest BCUT2D eigenvalue weighted by Crippen LogP contribution is -2.57. The van der Waals surface area contributed by atoms with E-state index in [1.807, 2.05) is 6.07 Å². The molecule has 0 radical (unpaired) electrons. The molecule has 0 aromatic carbocycles. The van der Waals surface area contributed by atoms with Crippen molar-refractivity contribution in [3.05, 3.63) is 12.2 Å². The standard InChI is InChI=1S/C10H10N2O3S/c1-10(3-2-4-11)8(9(14)15)12-6(13)5-7(12)16-10/h2-3,7-8H,5H2,1H3,(H,14,15)/b3-2-/t7-,8+,10+/m1/s1. The summed E-state index contributed by atoms with van der Waals surface area (Å²) in [5.74, 6) is -1.15. The van der Waals surface area contributed by atoms with E-state index >= 15 is 0 Å². The number of rotatable bonds is 2. The van der Waals surface area contributed by atoms with Crippen molar-refractivity contribution in [2.45, 2.75) is 29.5 Å². The first-order valence-electron chi connectivity index (χ1n) is 4.79. The number of carbonyl (C=O) groups is 2. The minimum absolute atomic E-state index is 0.0538. The molecule has 84 valence electrons. The van der Waals surface area contributed by atoms with Gasteiger partial charge in [0.25, 0.3) is 0 Å². The number of carbonyl (C=O) groups excluding carboxylic acids is 1. The maximum atomic E-state index is 11.3. The van der Waals surface area contributed by atoms with E-state index in [4.69, 9.17) is 10.4 Å². The summed E-state index contributed by atoms with van der Waals surface area (Å²) < 4.78 is -0.710. The molecule has 2 aliphatic heterocycles. The highest BCUT2D eigenvalue weighted by atomic mass is 32.2. The molecule has 1 N–H and O–H groups in total. The summed E-state index contributed by atoms with van der Waals surface area (Å²) in [6, 6.07) is 0.983. The van der Waals surface area contributed by atoms with Crippen molar-refractivity contribution in [2.24, 2.45) is 0 Å². The molecule has 0 saturated carbocycles. The zero-order valence-corrected chi connectivity index (χ0v) is 9.40. The van der Waals surface area contributed by atoms with Crippen LogP contribution in [0.15, 0.2) is 12.2 Å². The second kappa shape index (κ2) is 3.52. The van der Waals surface area contributed by atoms with Crippen LogP contribution < -0.4 is 0 Å². The van der Waals surface area contributed by atoms with E-state index < -0.39 is 16.8 Å². The maximum Gasteiger partial charge on any atom is 0.328 e. The van der Waals surface area contributed by atoms with Gasteiger partial charge >= 0.3 is 5.97 Å². The number of allylic oxidation sites excluding steroid dienone is 1. The van der Waals surface area contributed by atoms with Crippen molar-refractivity contribution in [1.82, 2.24) is 4.90 Å². The quantitative estimate of drug-likeness (QED) is 0.562. The van der Waals surface area contributed by atoms with Gasteiger partial charge < -0.3 is 10.0 Å². The van der Waals surface area contributed by atoms with Crippen LogP contribution in [0, 0.1) is 11.3 Å². The van der Waals surface area contributed by atoms with Crippen LogP contribution in [0.5, 0.6) is 0 Å². The van der Waals surface area contributed by atoms with Gasteiger partial charge in [-0.1, -0.05) is 6.08 Å². The fraction of sp³-hybridized carbons (Fsp3) is 0.500. The molecule has 2 fully saturated rings. The molecule has 0 aliphatic carbocycles. The number of fused-ring (bicyclic) bond motifs is 1. The fourth-order valence-corrected chi connectivity index (χ4v) is 3.80. The van der Waals surface area contributed by atoms with Crippen molar-refractivity contribution in [2.75, 3.05) is 0 Å². The second-order valence-electron chi connectivity index (χ2n) is 3.96. The lowest BCUT2D eigenvalue weighted by atomic mass is 9.96. The molecule has 16 heavy (non-hydrogen) atoms. The Balaban J connectivity index is 2.33. The molecule has 2 rings (SSSR count). The van der Waals surface area contributed by atoms with E-state index in [1.165, 1.54) is 22.7 Å². The predicted octanol–water partition coefficient (Wildman–Crippen LogP) is 0.583. The number of carboxylic acid groups (broad SMARTS) is 1. The predicted molar refractivity (Wildman–Crippen MR) is 57.4 cm³/mol. The molecule has 2 heterocycles. The van der Waals surface area contributed by atoms with Crippen molar-refractivity contribution >= 4 is 23.6 Å². The van der Waals surface area contributed by atoms with Crippen LogP contribution in [-0.2, 0) is 9.59 Å². The van der Waals surface area contributed by atoms with Crippen LogP contribution in [0.3, 0.4) is 0 Å². The summed E-state index contributed by atoms with van der Waals surface area (Å²) >= 11 is 1.43. The smallest absolute Gasteiger partial charge is 0.328 e. The number of hydrogen-bond donors (Lipinski definition) is 1. The molecule has 0 aromatic rings. The van der Waals surface area contributed by atoms with Crippen LogP contribution >= 0.6 is 11.8 Å². The number of carboxylic acids is 1. The van der Waals surface area contributed by atoms with Gasteiger partial charge in [0.2, 0.25) is 5.91 Å². The average molecular weight is 238 g/mol. The van der Waals surface area contributed by atoms with E-state index in [-0.39, 0.29) is 11.3 Å². The Labute approximate surface area is 96.7 Å². The SMILES string of the molecule is C[C@@]1(/C=C\C#N)S[C@@H]2CC(=O)N2[C@H]1C(=O)O. The third-order valence-electron chi connectivity index (χ3n) is 2.88. The van der Waals surface area contributed by atoms with Crippen LogP contribution in [0.4, 0.5) is 0 Å². The number of nitriles is 1. The average Bonchev–Trinajstić information content (AvgIpc) is 2.45. The fourth-order valence-electron chi connectivity index (χ4n) is 2.14. The first kappa shape index (κ1) is 11.0. The van der Waals surface area contributed by atoms with Crippen molar-refractivity contribution in [3.63, 3.8) is 0 Å². The Morgan fingerprint density at radius 3 is 3.00 bits per heavy atom. The molecule has 2 saturated heterocycles. The second-order valence-corrected chi connectivity index (χ2v) is 5.62.